The lowest BCUT2D eigenvalue weighted by atomic mass is 9.95. The first-order valence-electron chi connectivity index (χ1n) is 9.35. The summed E-state index contributed by atoms with van der Waals surface area (Å²) in [5.74, 6) is 0.301. The van der Waals surface area contributed by atoms with Gasteiger partial charge in [-0.05, 0) is 66.1 Å². The van der Waals surface area contributed by atoms with Gasteiger partial charge in [-0.3, -0.25) is 4.79 Å². The molecule has 0 bridgehead atoms. The van der Waals surface area contributed by atoms with E-state index in [1.54, 1.807) is 18.2 Å². The van der Waals surface area contributed by atoms with E-state index in [0.717, 1.165) is 37.3 Å². The fourth-order valence-electron chi connectivity index (χ4n) is 3.46. The Morgan fingerprint density at radius 1 is 1.17 bits per heavy atom. The van der Waals surface area contributed by atoms with Gasteiger partial charge in [-0.25, -0.2) is 4.79 Å². The summed E-state index contributed by atoms with van der Waals surface area (Å²) in [6, 6.07) is 8.81. The van der Waals surface area contributed by atoms with Crippen LogP contribution >= 0.6 is 0 Å². The van der Waals surface area contributed by atoms with E-state index in [1.165, 1.54) is 11.7 Å². The number of benzene rings is 1. The summed E-state index contributed by atoms with van der Waals surface area (Å²) in [4.78, 5) is 26.5. The van der Waals surface area contributed by atoms with Gasteiger partial charge in [0, 0.05) is 24.7 Å². The number of hydrogen-bond acceptors (Lipinski definition) is 8. The van der Waals surface area contributed by atoms with Crippen molar-refractivity contribution in [2.45, 2.75) is 19.8 Å². The monoisotopic (exact) mass is 395 g/mol. The quantitative estimate of drug-likeness (QED) is 0.661. The van der Waals surface area contributed by atoms with Crippen molar-refractivity contribution < 1.29 is 14.3 Å². The molecule has 150 valence electrons. The van der Waals surface area contributed by atoms with Crippen LogP contribution in [-0.4, -0.2) is 57.3 Å². The van der Waals surface area contributed by atoms with Crippen LogP contribution in [0.4, 0.5) is 11.5 Å². The summed E-state index contributed by atoms with van der Waals surface area (Å²) in [6.07, 6.45) is 1.45. The van der Waals surface area contributed by atoms with Crippen LogP contribution in [-0.2, 0) is 9.53 Å². The second-order valence-corrected chi connectivity index (χ2v) is 6.99. The maximum absolute atomic E-state index is 12.7. The van der Waals surface area contributed by atoms with Gasteiger partial charge in [-0.1, -0.05) is 0 Å². The second kappa shape index (κ2) is 7.82. The third-order valence-electron chi connectivity index (χ3n) is 5.15. The molecular formula is C19H21N7O3. The van der Waals surface area contributed by atoms with Gasteiger partial charge in [0.05, 0.1) is 12.7 Å². The number of hydrogen-bond donors (Lipinski definition) is 1. The molecule has 3 aromatic rings. The topological polar surface area (TPSA) is 115 Å². The molecule has 0 spiro atoms. The van der Waals surface area contributed by atoms with E-state index < -0.39 is 5.97 Å². The van der Waals surface area contributed by atoms with E-state index in [-0.39, 0.29) is 11.8 Å². The zero-order chi connectivity index (χ0) is 20.4. The van der Waals surface area contributed by atoms with Crippen LogP contribution in [0, 0.1) is 12.8 Å². The van der Waals surface area contributed by atoms with Crippen molar-refractivity contribution in [1.29, 1.82) is 0 Å². The fourth-order valence-corrected chi connectivity index (χ4v) is 3.46. The normalized spacial score (nSPS) is 14.8. The van der Waals surface area contributed by atoms with Crippen LogP contribution in [0.2, 0.25) is 0 Å². The first-order valence-corrected chi connectivity index (χ1v) is 9.35. The molecule has 1 amide bonds. The maximum atomic E-state index is 12.7. The van der Waals surface area contributed by atoms with Gasteiger partial charge in [-0.15, -0.1) is 14.8 Å². The molecule has 1 aromatic carbocycles. The van der Waals surface area contributed by atoms with E-state index >= 15 is 0 Å². The summed E-state index contributed by atoms with van der Waals surface area (Å²) in [5, 5.41) is 18.7. The minimum Gasteiger partial charge on any atom is -0.465 e. The summed E-state index contributed by atoms with van der Waals surface area (Å²) < 4.78 is 6.12. The first kappa shape index (κ1) is 18.8. The number of carbonyl (C=O) groups is 2. The highest BCUT2D eigenvalue weighted by Crippen LogP contribution is 2.24. The average Bonchev–Trinajstić information content (AvgIpc) is 3.22. The lowest BCUT2D eigenvalue weighted by Gasteiger charge is -2.32. The van der Waals surface area contributed by atoms with E-state index in [0.29, 0.717) is 16.9 Å². The number of aromatic nitrogens is 5. The third-order valence-corrected chi connectivity index (χ3v) is 5.15. The van der Waals surface area contributed by atoms with Crippen LogP contribution in [0.25, 0.3) is 5.65 Å². The van der Waals surface area contributed by atoms with Crippen molar-refractivity contribution in [2.24, 2.45) is 5.92 Å². The maximum Gasteiger partial charge on any atom is 0.337 e. The van der Waals surface area contributed by atoms with Gasteiger partial charge in [0.1, 0.15) is 0 Å². The van der Waals surface area contributed by atoms with Crippen molar-refractivity contribution >= 4 is 29.0 Å². The number of carbonyl (C=O) groups excluding carboxylic acids is 2. The highest BCUT2D eigenvalue weighted by Gasteiger charge is 2.26. The second-order valence-electron chi connectivity index (χ2n) is 6.99. The number of piperidine rings is 1. The number of rotatable bonds is 4. The summed E-state index contributed by atoms with van der Waals surface area (Å²) in [7, 11) is 1.34. The smallest absolute Gasteiger partial charge is 0.337 e. The number of tetrazole rings is 1. The molecule has 0 aliphatic carbocycles. The van der Waals surface area contributed by atoms with Crippen LogP contribution in [0.1, 0.15) is 28.8 Å². The molecule has 1 aliphatic heterocycles. The molecule has 29 heavy (non-hydrogen) atoms. The van der Waals surface area contributed by atoms with Gasteiger partial charge in [0.25, 0.3) is 0 Å². The summed E-state index contributed by atoms with van der Waals surface area (Å²) >= 11 is 0. The van der Waals surface area contributed by atoms with Crippen LogP contribution in [0.5, 0.6) is 0 Å². The van der Waals surface area contributed by atoms with Gasteiger partial charge in [0.2, 0.25) is 5.91 Å². The Labute approximate surface area is 166 Å². The predicted octanol–water partition coefficient (Wildman–Crippen LogP) is 1.47. The molecule has 1 aliphatic rings. The zero-order valence-corrected chi connectivity index (χ0v) is 16.2. The third kappa shape index (κ3) is 3.86. The zero-order valence-electron chi connectivity index (χ0n) is 16.2. The molecule has 0 radical (unpaired) electrons. The van der Waals surface area contributed by atoms with Crippen molar-refractivity contribution in [3.63, 3.8) is 0 Å². The van der Waals surface area contributed by atoms with Crippen LogP contribution < -0.4 is 10.2 Å². The first-order chi connectivity index (χ1) is 14.0. The molecule has 2 aromatic heterocycles. The van der Waals surface area contributed by atoms with E-state index in [2.05, 4.69) is 30.8 Å². The number of aryl methyl sites for hydroxylation is 1. The van der Waals surface area contributed by atoms with Crippen molar-refractivity contribution in [3.05, 3.63) is 41.5 Å². The van der Waals surface area contributed by atoms with E-state index in [1.807, 2.05) is 19.1 Å². The number of ether oxygens (including phenoxy) is 1. The fraction of sp³-hybridized carbons (Fsp3) is 0.368. The molecular weight excluding hydrogens is 374 g/mol. The lowest BCUT2D eigenvalue weighted by molar-refractivity contribution is -0.120. The molecule has 0 saturated carbocycles. The number of nitrogens with one attached hydrogen (secondary N) is 1. The Morgan fingerprint density at radius 2 is 1.97 bits per heavy atom. The minimum atomic E-state index is -0.396. The molecule has 10 nitrogen and oxygen atoms in total. The Morgan fingerprint density at radius 3 is 2.69 bits per heavy atom. The molecule has 0 unspecified atom stereocenters. The highest BCUT2D eigenvalue weighted by molar-refractivity contribution is 5.95. The Bertz CT molecular complexity index is 1060. The van der Waals surface area contributed by atoms with Gasteiger partial charge < -0.3 is 15.0 Å². The molecule has 10 heteroatoms. The number of amides is 1. The number of anilines is 2. The lowest BCUT2D eigenvalue weighted by Crippen LogP contribution is -2.38. The number of methoxy groups -OCH3 is 1. The van der Waals surface area contributed by atoms with Crippen LogP contribution in [0.15, 0.2) is 30.3 Å². The standard InChI is InChI=1S/C19H21N7O3/c1-12-11-14(19(28)29-2)3-4-15(12)20-18(27)13-7-9-25(10-8-13)17-6-5-16-21-23-24-26(16)22-17/h3-6,11,13H,7-10H2,1-2H3,(H,20,27). The van der Waals surface area contributed by atoms with Crippen molar-refractivity contribution in [1.82, 2.24) is 25.3 Å². The molecule has 1 fully saturated rings. The predicted molar refractivity (Wildman–Crippen MR) is 105 cm³/mol. The Balaban J connectivity index is 1.37. The van der Waals surface area contributed by atoms with Gasteiger partial charge >= 0.3 is 5.97 Å². The molecule has 1 saturated heterocycles. The number of esters is 1. The Hall–Kier alpha value is -3.56. The van der Waals surface area contributed by atoms with Gasteiger partial charge in [-0.2, -0.15) is 0 Å². The summed E-state index contributed by atoms with van der Waals surface area (Å²) in [6.45, 7) is 3.30. The summed E-state index contributed by atoms with van der Waals surface area (Å²) in [5.41, 5.74) is 2.58. The molecule has 4 rings (SSSR count). The van der Waals surface area contributed by atoms with Crippen molar-refractivity contribution in [3.8, 4) is 0 Å². The number of fused-ring (bicyclic) bond motifs is 1. The minimum absolute atomic E-state index is 0.0116. The van der Waals surface area contributed by atoms with E-state index in [9.17, 15) is 9.59 Å². The van der Waals surface area contributed by atoms with Crippen molar-refractivity contribution in [2.75, 3.05) is 30.4 Å². The van der Waals surface area contributed by atoms with Gasteiger partial charge in [0.15, 0.2) is 11.5 Å². The van der Waals surface area contributed by atoms with E-state index in [4.69, 9.17) is 4.74 Å². The Kier molecular flexibility index (Phi) is 5.07. The molecule has 0 atom stereocenters. The number of nitrogens with zero attached hydrogens (tertiary/aromatic N) is 6. The van der Waals surface area contributed by atoms with Crippen LogP contribution in [0.3, 0.4) is 0 Å². The molecule has 1 N–H and O–H groups in total. The average molecular weight is 395 g/mol. The largest absolute Gasteiger partial charge is 0.465 e. The molecule has 3 heterocycles. The SMILES string of the molecule is COC(=O)c1ccc(NC(=O)C2CCN(c3ccc4nnnn4n3)CC2)c(C)c1. The highest BCUT2D eigenvalue weighted by atomic mass is 16.5.